The van der Waals surface area contributed by atoms with Crippen LogP contribution in [0.15, 0.2) is 30.7 Å². The van der Waals surface area contributed by atoms with Crippen LogP contribution in [0.3, 0.4) is 0 Å². The Morgan fingerprint density at radius 2 is 2.00 bits per heavy atom. The highest BCUT2D eigenvalue weighted by atomic mass is 32.1. The molecule has 2 aromatic heterocycles. The predicted octanol–water partition coefficient (Wildman–Crippen LogP) is 2.30. The van der Waals surface area contributed by atoms with Crippen LogP contribution in [0.1, 0.15) is 21.5 Å². The standard InChI is InChI=1S/C11H11F3N4S/c12-11(13,14)10-17-6-9(19-10)8(18-15)5-7-1-3-16-4-2-7/h1-4,6,8,18H,5,15H2. The molecule has 4 nitrogen and oxygen atoms in total. The van der Waals surface area contributed by atoms with Gasteiger partial charge in [0, 0.05) is 23.5 Å². The molecule has 0 aliphatic heterocycles. The van der Waals surface area contributed by atoms with Crippen LogP contribution in [0.4, 0.5) is 13.2 Å². The van der Waals surface area contributed by atoms with Crippen LogP contribution in [0.5, 0.6) is 0 Å². The number of nitrogens with one attached hydrogen (secondary N) is 1. The van der Waals surface area contributed by atoms with Crippen LogP contribution in [0.2, 0.25) is 0 Å². The fourth-order valence-electron chi connectivity index (χ4n) is 1.57. The fourth-order valence-corrected chi connectivity index (χ4v) is 2.42. The third kappa shape index (κ3) is 3.49. The van der Waals surface area contributed by atoms with Crippen molar-refractivity contribution >= 4 is 11.3 Å². The van der Waals surface area contributed by atoms with E-state index in [-0.39, 0.29) is 0 Å². The number of rotatable bonds is 4. The molecule has 8 heteroatoms. The molecule has 1 unspecified atom stereocenters. The second kappa shape index (κ2) is 5.64. The number of hydrazine groups is 1. The molecule has 0 spiro atoms. The molecule has 2 aromatic rings. The van der Waals surface area contributed by atoms with Crippen LogP contribution in [-0.4, -0.2) is 9.97 Å². The van der Waals surface area contributed by atoms with Gasteiger partial charge in [-0.3, -0.25) is 16.3 Å². The van der Waals surface area contributed by atoms with Gasteiger partial charge in [0.2, 0.25) is 0 Å². The average molecular weight is 288 g/mol. The van der Waals surface area contributed by atoms with Gasteiger partial charge in [-0.15, -0.1) is 11.3 Å². The van der Waals surface area contributed by atoms with Gasteiger partial charge in [0.1, 0.15) is 0 Å². The van der Waals surface area contributed by atoms with Crippen molar-refractivity contribution in [2.45, 2.75) is 18.6 Å². The van der Waals surface area contributed by atoms with Crippen molar-refractivity contribution in [1.29, 1.82) is 0 Å². The summed E-state index contributed by atoms with van der Waals surface area (Å²) in [5, 5.41) is -0.863. The highest BCUT2D eigenvalue weighted by Crippen LogP contribution is 2.34. The SMILES string of the molecule is NNC(Cc1ccncc1)c1cnc(C(F)(F)F)s1. The number of thiazole rings is 1. The van der Waals surface area contributed by atoms with Crippen LogP contribution >= 0.6 is 11.3 Å². The normalized spacial score (nSPS) is 13.5. The van der Waals surface area contributed by atoms with Crippen molar-refractivity contribution in [3.8, 4) is 0 Å². The van der Waals surface area contributed by atoms with Gasteiger partial charge < -0.3 is 0 Å². The first-order valence-electron chi connectivity index (χ1n) is 5.38. The first-order chi connectivity index (χ1) is 9.00. The molecule has 0 aliphatic rings. The first-order valence-corrected chi connectivity index (χ1v) is 6.20. The van der Waals surface area contributed by atoms with E-state index in [4.69, 9.17) is 5.84 Å². The Morgan fingerprint density at radius 1 is 1.32 bits per heavy atom. The Hall–Kier alpha value is -1.51. The van der Waals surface area contributed by atoms with Crippen LogP contribution in [-0.2, 0) is 12.6 Å². The summed E-state index contributed by atoms with van der Waals surface area (Å²) in [7, 11) is 0. The van der Waals surface area contributed by atoms with E-state index >= 15 is 0 Å². The van der Waals surface area contributed by atoms with Gasteiger partial charge in [-0.25, -0.2) is 4.98 Å². The van der Waals surface area contributed by atoms with E-state index in [1.54, 1.807) is 24.5 Å². The molecule has 2 rings (SSSR count). The minimum Gasteiger partial charge on any atom is -0.271 e. The molecule has 3 N–H and O–H groups in total. The minimum absolute atomic E-state index is 0.406. The molecular weight excluding hydrogens is 277 g/mol. The maximum Gasteiger partial charge on any atom is 0.443 e. The average Bonchev–Trinajstić information content (AvgIpc) is 2.86. The number of alkyl halides is 3. The topological polar surface area (TPSA) is 63.8 Å². The molecule has 0 aromatic carbocycles. The number of nitrogens with zero attached hydrogens (tertiary/aromatic N) is 2. The second-order valence-corrected chi connectivity index (χ2v) is 4.91. The molecule has 0 amide bonds. The summed E-state index contributed by atoms with van der Waals surface area (Å²) < 4.78 is 37.5. The van der Waals surface area contributed by atoms with E-state index in [2.05, 4.69) is 15.4 Å². The number of aromatic nitrogens is 2. The third-order valence-electron chi connectivity index (χ3n) is 2.50. The molecule has 1 atom stereocenters. The monoisotopic (exact) mass is 288 g/mol. The van der Waals surface area contributed by atoms with Crippen LogP contribution in [0, 0.1) is 0 Å². The molecule has 0 aliphatic carbocycles. The molecule has 19 heavy (non-hydrogen) atoms. The Bertz CT molecular complexity index is 526. The number of pyridine rings is 1. The smallest absolute Gasteiger partial charge is 0.271 e. The van der Waals surface area contributed by atoms with Crippen molar-refractivity contribution in [2.75, 3.05) is 0 Å². The summed E-state index contributed by atoms with van der Waals surface area (Å²) in [6.07, 6.45) is 0.504. The summed E-state index contributed by atoms with van der Waals surface area (Å²) in [4.78, 5) is 7.71. The van der Waals surface area contributed by atoms with E-state index in [0.717, 1.165) is 5.56 Å². The van der Waals surface area contributed by atoms with E-state index in [0.29, 0.717) is 22.6 Å². The summed E-state index contributed by atoms with van der Waals surface area (Å²) in [5.41, 5.74) is 3.44. The summed E-state index contributed by atoms with van der Waals surface area (Å²) in [6, 6.07) is 3.17. The van der Waals surface area contributed by atoms with E-state index in [1.165, 1.54) is 6.20 Å². The van der Waals surface area contributed by atoms with Gasteiger partial charge in [-0.1, -0.05) is 0 Å². The Kier molecular flexibility index (Phi) is 4.13. The number of hydrogen-bond donors (Lipinski definition) is 2. The lowest BCUT2D eigenvalue weighted by atomic mass is 10.1. The lowest BCUT2D eigenvalue weighted by molar-refractivity contribution is -0.137. The molecule has 102 valence electrons. The summed E-state index contributed by atoms with van der Waals surface area (Å²) in [6.45, 7) is 0. The minimum atomic E-state index is -4.42. The molecule has 0 saturated carbocycles. The zero-order valence-corrected chi connectivity index (χ0v) is 10.5. The highest BCUT2D eigenvalue weighted by molar-refractivity contribution is 7.11. The Labute approximate surface area is 111 Å². The van der Waals surface area contributed by atoms with Gasteiger partial charge >= 0.3 is 6.18 Å². The first kappa shape index (κ1) is 13.9. The predicted molar refractivity (Wildman–Crippen MR) is 65.1 cm³/mol. The molecular formula is C11H11F3N4S. The largest absolute Gasteiger partial charge is 0.443 e. The summed E-state index contributed by atoms with van der Waals surface area (Å²) in [5.74, 6) is 5.40. The number of nitrogens with two attached hydrogens (primary N) is 1. The quantitative estimate of drug-likeness (QED) is 0.669. The number of halogens is 3. The van der Waals surface area contributed by atoms with Gasteiger partial charge in [-0.2, -0.15) is 13.2 Å². The van der Waals surface area contributed by atoms with Crippen molar-refractivity contribution in [3.05, 3.63) is 46.2 Å². The fraction of sp³-hybridized carbons (Fsp3) is 0.273. The maximum absolute atomic E-state index is 12.5. The maximum atomic E-state index is 12.5. The third-order valence-corrected chi connectivity index (χ3v) is 3.66. The molecule has 2 heterocycles. The van der Waals surface area contributed by atoms with Gasteiger partial charge in [0.15, 0.2) is 5.01 Å². The van der Waals surface area contributed by atoms with Gasteiger partial charge in [-0.05, 0) is 24.1 Å². The lowest BCUT2D eigenvalue weighted by Gasteiger charge is -2.13. The molecule has 0 bridgehead atoms. The van der Waals surface area contributed by atoms with Crippen LogP contribution in [0.25, 0.3) is 0 Å². The lowest BCUT2D eigenvalue weighted by Crippen LogP contribution is -2.29. The van der Waals surface area contributed by atoms with Crippen molar-refractivity contribution < 1.29 is 13.2 Å². The van der Waals surface area contributed by atoms with Crippen molar-refractivity contribution in [2.24, 2.45) is 5.84 Å². The van der Waals surface area contributed by atoms with Gasteiger partial charge in [0.25, 0.3) is 0 Å². The number of hydrogen-bond acceptors (Lipinski definition) is 5. The van der Waals surface area contributed by atoms with E-state index in [1.807, 2.05) is 0 Å². The molecule has 0 saturated heterocycles. The molecule has 0 radical (unpaired) electrons. The van der Waals surface area contributed by atoms with E-state index < -0.39 is 17.2 Å². The van der Waals surface area contributed by atoms with Gasteiger partial charge in [0.05, 0.1) is 6.04 Å². The molecule has 0 fully saturated rings. The summed E-state index contributed by atoms with van der Waals surface area (Å²) >= 11 is 0.598. The zero-order valence-electron chi connectivity index (χ0n) is 9.69. The van der Waals surface area contributed by atoms with Crippen molar-refractivity contribution in [3.63, 3.8) is 0 Å². The van der Waals surface area contributed by atoms with Crippen molar-refractivity contribution in [1.82, 2.24) is 15.4 Å². The Morgan fingerprint density at radius 3 is 2.53 bits per heavy atom. The zero-order chi connectivity index (χ0) is 13.9. The van der Waals surface area contributed by atoms with Crippen LogP contribution < -0.4 is 11.3 Å². The second-order valence-electron chi connectivity index (χ2n) is 3.84. The van der Waals surface area contributed by atoms with E-state index in [9.17, 15) is 13.2 Å². The Balaban J connectivity index is 2.16. The highest BCUT2D eigenvalue weighted by Gasteiger charge is 2.35.